The highest BCUT2D eigenvalue weighted by molar-refractivity contribution is 6.14. The lowest BCUT2D eigenvalue weighted by molar-refractivity contribution is -0.151. The Hall–Kier alpha value is -2.95. The molecule has 1 aliphatic heterocycles. The number of ether oxygens (including phenoxy) is 2. The highest BCUT2D eigenvalue weighted by Gasteiger charge is 2.37. The minimum absolute atomic E-state index is 0.182. The molecule has 0 fully saturated rings. The van der Waals surface area contributed by atoms with Crippen molar-refractivity contribution in [3.8, 4) is 0 Å². The van der Waals surface area contributed by atoms with E-state index in [9.17, 15) is 14.0 Å². The Balaban J connectivity index is 2.11. The van der Waals surface area contributed by atoms with Gasteiger partial charge in [0.05, 0.1) is 7.11 Å². The van der Waals surface area contributed by atoms with E-state index in [-0.39, 0.29) is 11.1 Å². The van der Waals surface area contributed by atoms with Crippen LogP contribution in [0.1, 0.15) is 23.1 Å². The Labute approximate surface area is 138 Å². The van der Waals surface area contributed by atoms with Crippen LogP contribution in [0.15, 0.2) is 66.2 Å². The number of rotatable bonds is 3. The molecule has 0 radical (unpaired) electrons. The summed E-state index contributed by atoms with van der Waals surface area (Å²) in [5.41, 5.74) is 0.887. The molecule has 1 heterocycles. The highest BCUT2D eigenvalue weighted by Crippen LogP contribution is 2.40. The highest BCUT2D eigenvalue weighted by atomic mass is 19.1. The van der Waals surface area contributed by atoms with Gasteiger partial charge < -0.3 is 9.47 Å². The van der Waals surface area contributed by atoms with Gasteiger partial charge in [0.2, 0.25) is 0 Å². The first kappa shape index (κ1) is 15.9. The first-order chi connectivity index (χ1) is 11.6. The fourth-order valence-electron chi connectivity index (χ4n) is 2.76. The number of carbonyl (C=O) groups is 2. The Morgan fingerprint density at radius 1 is 1.08 bits per heavy atom. The van der Waals surface area contributed by atoms with E-state index < -0.39 is 29.8 Å². The molecule has 2 aromatic carbocycles. The molecule has 0 saturated heterocycles. The SMILES string of the molecule is COC(=O)C1=C[C@H](c2ccccc2)[C@@H](c2ccccc2F)OC1=O. The molecule has 122 valence electrons. The summed E-state index contributed by atoms with van der Waals surface area (Å²) >= 11 is 0. The zero-order chi connectivity index (χ0) is 17.1. The lowest BCUT2D eigenvalue weighted by Gasteiger charge is -2.30. The van der Waals surface area contributed by atoms with Gasteiger partial charge in [-0.2, -0.15) is 0 Å². The van der Waals surface area contributed by atoms with E-state index in [1.165, 1.54) is 19.3 Å². The Morgan fingerprint density at radius 3 is 2.42 bits per heavy atom. The monoisotopic (exact) mass is 326 g/mol. The first-order valence-corrected chi connectivity index (χ1v) is 7.42. The average molecular weight is 326 g/mol. The maximum absolute atomic E-state index is 14.2. The number of esters is 2. The molecule has 0 saturated carbocycles. The molecule has 0 bridgehead atoms. The molecule has 0 N–H and O–H groups in total. The van der Waals surface area contributed by atoms with Gasteiger partial charge in [-0.1, -0.05) is 54.6 Å². The minimum Gasteiger partial charge on any atom is -0.465 e. The fraction of sp³-hybridized carbons (Fsp3) is 0.158. The zero-order valence-electron chi connectivity index (χ0n) is 12.9. The molecule has 0 aliphatic carbocycles. The number of hydrogen-bond donors (Lipinski definition) is 0. The summed E-state index contributed by atoms with van der Waals surface area (Å²) in [6.07, 6.45) is 0.638. The predicted octanol–water partition coefficient (Wildman–Crippen LogP) is 3.31. The summed E-state index contributed by atoms with van der Waals surface area (Å²) in [4.78, 5) is 24.0. The average Bonchev–Trinajstić information content (AvgIpc) is 2.62. The lowest BCUT2D eigenvalue weighted by Crippen LogP contribution is -2.28. The van der Waals surface area contributed by atoms with Gasteiger partial charge in [0.25, 0.3) is 0 Å². The largest absolute Gasteiger partial charge is 0.465 e. The van der Waals surface area contributed by atoms with Crippen molar-refractivity contribution in [2.24, 2.45) is 0 Å². The van der Waals surface area contributed by atoms with Crippen molar-refractivity contribution < 1.29 is 23.5 Å². The molecule has 3 rings (SSSR count). The molecule has 0 amide bonds. The zero-order valence-corrected chi connectivity index (χ0v) is 12.9. The van der Waals surface area contributed by atoms with E-state index >= 15 is 0 Å². The molecule has 0 spiro atoms. The third-order valence-electron chi connectivity index (χ3n) is 3.93. The van der Waals surface area contributed by atoms with Gasteiger partial charge in [0.15, 0.2) is 0 Å². The van der Waals surface area contributed by atoms with Crippen LogP contribution in [0.2, 0.25) is 0 Å². The van der Waals surface area contributed by atoms with Crippen LogP contribution in [-0.2, 0) is 19.1 Å². The molecule has 2 aromatic rings. The Kier molecular flexibility index (Phi) is 4.42. The van der Waals surface area contributed by atoms with Gasteiger partial charge >= 0.3 is 11.9 Å². The predicted molar refractivity (Wildman–Crippen MR) is 84.5 cm³/mol. The number of carbonyl (C=O) groups excluding carboxylic acids is 2. The lowest BCUT2D eigenvalue weighted by atomic mass is 9.85. The van der Waals surface area contributed by atoms with Crippen LogP contribution in [0.5, 0.6) is 0 Å². The van der Waals surface area contributed by atoms with Gasteiger partial charge in [-0.25, -0.2) is 14.0 Å². The maximum atomic E-state index is 14.2. The van der Waals surface area contributed by atoms with Crippen LogP contribution in [0.25, 0.3) is 0 Å². The molecule has 5 heteroatoms. The third kappa shape index (κ3) is 2.93. The molecular formula is C19H15FO4. The van der Waals surface area contributed by atoms with Gasteiger partial charge in [0, 0.05) is 11.5 Å². The van der Waals surface area contributed by atoms with E-state index in [1.54, 1.807) is 18.2 Å². The van der Waals surface area contributed by atoms with Crippen LogP contribution >= 0.6 is 0 Å². The minimum atomic E-state index is -0.852. The molecule has 0 aromatic heterocycles. The molecule has 2 atom stereocenters. The Morgan fingerprint density at radius 2 is 1.75 bits per heavy atom. The third-order valence-corrected chi connectivity index (χ3v) is 3.93. The van der Waals surface area contributed by atoms with Crippen LogP contribution in [0, 0.1) is 5.82 Å². The molecule has 0 unspecified atom stereocenters. The summed E-state index contributed by atoms with van der Waals surface area (Å²) in [6, 6.07) is 15.3. The second-order valence-electron chi connectivity index (χ2n) is 5.36. The normalized spacial score (nSPS) is 20.1. The van der Waals surface area contributed by atoms with Crippen molar-refractivity contribution in [1.82, 2.24) is 0 Å². The molecule has 24 heavy (non-hydrogen) atoms. The van der Waals surface area contributed by atoms with Gasteiger partial charge in [0.1, 0.15) is 17.5 Å². The standard InChI is InChI=1S/C19H15FO4/c1-23-18(21)15-11-14(12-7-3-2-4-8-12)17(24-19(15)22)13-9-5-6-10-16(13)20/h2-11,14,17H,1H3/t14-,17-/m1/s1. The first-order valence-electron chi connectivity index (χ1n) is 7.42. The van der Waals surface area contributed by atoms with E-state index in [2.05, 4.69) is 4.74 Å². The molecule has 1 aliphatic rings. The number of benzene rings is 2. The smallest absolute Gasteiger partial charge is 0.345 e. The number of methoxy groups -OCH3 is 1. The molecule has 4 nitrogen and oxygen atoms in total. The van der Waals surface area contributed by atoms with E-state index in [0.29, 0.717) is 0 Å². The van der Waals surface area contributed by atoms with Crippen molar-refractivity contribution in [2.45, 2.75) is 12.0 Å². The van der Waals surface area contributed by atoms with Crippen molar-refractivity contribution in [1.29, 1.82) is 0 Å². The van der Waals surface area contributed by atoms with Gasteiger partial charge in [-0.05, 0) is 11.6 Å². The quantitative estimate of drug-likeness (QED) is 0.641. The van der Waals surface area contributed by atoms with Crippen LogP contribution in [-0.4, -0.2) is 19.0 Å². The second kappa shape index (κ2) is 6.66. The number of halogens is 1. The van der Waals surface area contributed by atoms with E-state index in [4.69, 9.17) is 4.74 Å². The number of cyclic esters (lactones) is 1. The second-order valence-corrected chi connectivity index (χ2v) is 5.36. The van der Waals surface area contributed by atoms with Crippen LogP contribution < -0.4 is 0 Å². The maximum Gasteiger partial charge on any atom is 0.345 e. The topological polar surface area (TPSA) is 52.6 Å². The van der Waals surface area contributed by atoms with Crippen molar-refractivity contribution in [3.05, 3.63) is 83.2 Å². The van der Waals surface area contributed by atoms with Gasteiger partial charge in [-0.15, -0.1) is 0 Å². The van der Waals surface area contributed by atoms with Crippen LogP contribution in [0.3, 0.4) is 0 Å². The van der Waals surface area contributed by atoms with Crippen molar-refractivity contribution in [3.63, 3.8) is 0 Å². The van der Waals surface area contributed by atoms with Crippen molar-refractivity contribution in [2.75, 3.05) is 7.11 Å². The van der Waals surface area contributed by atoms with Gasteiger partial charge in [-0.3, -0.25) is 0 Å². The van der Waals surface area contributed by atoms with E-state index in [1.807, 2.05) is 30.3 Å². The summed E-state index contributed by atoms with van der Waals surface area (Å²) in [7, 11) is 1.19. The summed E-state index contributed by atoms with van der Waals surface area (Å²) in [6.45, 7) is 0. The van der Waals surface area contributed by atoms with Crippen molar-refractivity contribution >= 4 is 11.9 Å². The summed E-state index contributed by atoms with van der Waals surface area (Å²) in [5.74, 6) is -2.55. The Bertz CT molecular complexity index is 798. The molecular weight excluding hydrogens is 311 g/mol. The van der Waals surface area contributed by atoms with Crippen LogP contribution in [0.4, 0.5) is 4.39 Å². The fourth-order valence-corrected chi connectivity index (χ4v) is 2.76. The number of hydrogen-bond acceptors (Lipinski definition) is 4. The summed E-state index contributed by atoms with van der Waals surface area (Å²) in [5, 5.41) is 0. The summed E-state index contributed by atoms with van der Waals surface area (Å²) < 4.78 is 24.2. The van der Waals surface area contributed by atoms with E-state index in [0.717, 1.165) is 5.56 Å².